The van der Waals surface area contributed by atoms with Gasteiger partial charge in [-0.3, -0.25) is 14.2 Å². The van der Waals surface area contributed by atoms with Gasteiger partial charge < -0.3 is 5.32 Å². The Bertz CT molecular complexity index is 638. The third-order valence-electron chi connectivity index (χ3n) is 3.55. The summed E-state index contributed by atoms with van der Waals surface area (Å²) >= 11 is 0. The Morgan fingerprint density at radius 1 is 1.20 bits per heavy atom. The Hall–Kier alpha value is -2.11. The molecule has 108 valence electrons. The molecule has 0 aliphatic rings. The molecule has 0 fully saturated rings. The van der Waals surface area contributed by atoms with Crippen LogP contribution in [0.1, 0.15) is 33.1 Å². The van der Waals surface area contributed by atoms with E-state index in [1.54, 1.807) is 17.8 Å². The van der Waals surface area contributed by atoms with Crippen molar-refractivity contribution >= 4 is 5.91 Å². The second-order valence-electron chi connectivity index (χ2n) is 5.07. The van der Waals surface area contributed by atoms with Gasteiger partial charge in [0.15, 0.2) is 0 Å². The number of hydrogen-bond acceptors (Lipinski definition) is 3. The third kappa shape index (κ3) is 2.74. The van der Waals surface area contributed by atoms with Gasteiger partial charge in [-0.05, 0) is 38.8 Å². The number of carbonyl (C=O) groups excluding carboxylic acids is 1. The summed E-state index contributed by atoms with van der Waals surface area (Å²) in [5, 5.41) is 11.5. The first-order valence-corrected chi connectivity index (χ1v) is 6.68. The Labute approximate surface area is 118 Å². The lowest BCUT2D eigenvalue weighted by atomic mass is 10.1. The molecule has 0 aliphatic carbocycles. The van der Waals surface area contributed by atoms with Crippen molar-refractivity contribution in [1.29, 1.82) is 0 Å². The predicted molar refractivity (Wildman–Crippen MR) is 76.7 cm³/mol. The highest BCUT2D eigenvalue weighted by molar-refractivity contribution is 5.92. The van der Waals surface area contributed by atoms with Crippen LogP contribution in [0.3, 0.4) is 0 Å². The summed E-state index contributed by atoms with van der Waals surface area (Å²) in [7, 11) is 3.71. The monoisotopic (exact) mass is 275 g/mol. The van der Waals surface area contributed by atoms with Crippen LogP contribution < -0.4 is 5.32 Å². The van der Waals surface area contributed by atoms with Crippen molar-refractivity contribution in [1.82, 2.24) is 24.9 Å². The van der Waals surface area contributed by atoms with Crippen LogP contribution in [0.5, 0.6) is 0 Å². The summed E-state index contributed by atoms with van der Waals surface area (Å²) in [5.41, 5.74) is 4.80. The number of nitrogens with zero attached hydrogens (tertiary/aromatic N) is 4. The molecule has 0 spiro atoms. The van der Waals surface area contributed by atoms with Gasteiger partial charge in [-0.2, -0.15) is 10.2 Å². The van der Waals surface area contributed by atoms with Gasteiger partial charge in [-0.15, -0.1) is 0 Å². The molecular weight excluding hydrogens is 254 g/mol. The van der Waals surface area contributed by atoms with Crippen LogP contribution in [0, 0.1) is 20.8 Å². The van der Waals surface area contributed by atoms with Gasteiger partial charge in [0.05, 0.1) is 11.4 Å². The standard InChI is InChI=1S/C14H21N5O/c1-9-8-13(19(5)16-9)14(20)15-7-6-12-10(2)17-18(4)11(12)3/h8H,6-7H2,1-5H3,(H,15,20). The maximum Gasteiger partial charge on any atom is 0.269 e. The fourth-order valence-electron chi connectivity index (χ4n) is 2.39. The van der Waals surface area contributed by atoms with Crippen molar-refractivity contribution in [2.24, 2.45) is 14.1 Å². The van der Waals surface area contributed by atoms with Crippen LogP contribution in [0.25, 0.3) is 0 Å². The predicted octanol–water partition coefficient (Wildman–Crippen LogP) is 1.05. The van der Waals surface area contributed by atoms with Crippen LogP contribution in [0.4, 0.5) is 0 Å². The molecule has 0 saturated carbocycles. The molecule has 0 atom stereocenters. The number of hydrogen-bond donors (Lipinski definition) is 1. The zero-order chi connectivity index (χ0) is 14.9. The van der Waals surface area contributed by atoms with Crippen molar-refractivity contribution in [3.05, 3.63) is 34.4 Å². The van der Waals surface area contributed by atoms with Crippen LogP contribution in [0.2, 0.25) is 0 Å². The minimum atomic E-state index is -0.0905. The van der Waals surface area contributed by atoms with E-state index in [0.29, 0.717) is 12.2 Å². The van der Waals surface area contributed by atoms with Crippen molar-refractivity contribution < 1.29 is 4.79 Å². The van der Waals surface area contributed by atoms with Crippen LogP contribution >= 0.6 is 0 Å². The normalized spacial score (nSPS) is 10.8. The zero-order valence-corrected chi connectivity index (χ0v) is 12.7. The van der Waals surface area contributed by atoms with E-state index in [2.05, 4.69) is 15.5 Å². The lowest BCUT2D eigenvalue weighted by molar-refractivity contribution is 0.0944. The number of amides is 1. The van der Waals surface area contributed by atoms with E-state index >= 15 is 0 Å². The number of carbonyl (C=O) groups is 1. The van der Waals surface area contributed by atoms with Gasteiger partial charge >= 0.3 is 0 Å². The second kappa shape index (κ2) is 5.48. The number of aromatic nitrogens is 4. The molecule has 0 bridgehead atoms. The van der Waals surface area contributed by atoms with Crippen molar-refractivity contribution in [3.8, 4) is 0 Å². The maximum absolute atomic E-state index is 12.1. The van der Waals surface area contributed by atoms with Gasteiger partial charge in [-0.1, -0.05) is 0 Å². The Kier molecular flexibility index (Phi) is 3.92. The lowest BCUT2D eigenvalue weighted by Gasteiger charge is -2.06. The molecule has 0 aliphatic heterocycles. The molecule has 2 aromatic heterocycles. The van der Waals surface area contributed by atoms with Gasteiger partial charge in [-0.25, -0.2) is 0 Å². The Morgan fingerprint density at radius 3 is 2.40 bits per heavy atom. The first kappa shape index (κ1) is 14.3. The molecule has 6 nitrogen and oxygen atoms in total. The Balaban J connectivity index is 1.96. The fourth-order valence-corrected chi connectivity index (χ4v) is 2.39. The smallest absolute Gasteiger partial charge is 0.269 e. The number of aryl methyl sites for hydroxylation is 4. The molecule has 0 aromatic carbocycles. The lowest BCUT2D eigenvalue weighted by Crippen LogP contribution is -2.27. The topological polar surface area (TPSA) is 64.7 Å². The summed E-state index contributed by atoms with van der Waals surface area (Å²) in [6.45, 7) is 6.51. The van der Waals surface area contributed by atoms with Crippen molar-refractivity contribution in [3.63, 3.8) is 0 Å². The van der Waals surface area contributed by atoms with E-state index in [4.69, 9.17) is 0 Å². The SMILES string of the molecule is Cc1cc(C(=O)NCCc2c(C)nn(C)c2C)n(C)n1. The molecular formula is C14H21N5O. The molecule has 2 aromatic rings. The highest BCUT2D eigenvalue weighted by atomic mass is 16.2. The van der Waals surface area contributed by atoms with Crippen LogP contribution in [0.15, 0.2) is 6.07 Å². The van der Waals surface area contributed by atoms with Gasteiger partial charge in [0, 0.05) is 26.3 Å². The van der Waals surface area contributed by atoms with Crippen molar-refractivity contribution in [2.75, 3.05) is 6.54 Å². The van der Waals surface area contributed by atoms with Gasteiger partial charge in [0.25, 0.3) is 5.91 Å². The van der Waals surface area contributed by atoms with Crippen molar-refractivity contribution in [2.45, 2.75) is 27.2 Å². The molecule has 1 amide bonds. The average Bonchev–Trinajstić information content (AvgIpc) is 2.82. The largest absolute Gasteiger partial charge is 0.350 e. The van der Waals surface area contributed by atoms with E-state index in [-0.39, 0.29) is 5.91 Å². The maximum atomic E-state index is 12.1. The summed E-state index contributed by atoms with van der Waals surface area (Å²) in [5.74, 6) is -0.0905. The van der Waals surface area contributed by atoms with E-state index in [1.807, 2.05) is 32.5 Å². The highest BCUT2D eigenvalue weighted by Crippen LogP contribution is 2.12. The number of rotatable bonds is 4. The summed E-state index contributed by atoms with van der Waals surface area (Å²) in [6.07, 6.45) is 0.786. The molecule has 1 N–H and O–H groups in total. The molecule has 0 saturated heterocycles. The first-order valence-electron chi connectivity index (χ1n) is 6.68. The molecule has 0 radical (unpaired) electrons. The highest BCUT2D eigenvalue weighted by Gasteiger charge is 2.13. The van der Waals surface area contributed by atoms with E-state index < -0.39 is 0 Å². The van der Waals surface area contributed by atoms with Gasteiger partial charge in [0.1, 0.15) is 5.69 Å². The number of nitrogens with one attached hydrogen (secondary N) is 1. The van der Waals surface area contributed by atoms with E-state index in [1.165, 1.54) is 5.56 Å². The molecule has 2 heterocycles. The summed E-state index contributed by atoms with van der Waals surface area (Å²) < 4.78 is 3.47. The van der Waals surface area contributed by atoms with Gasteiger partial charge in [0.2, 0.25) is 0 Å². The minimum Gasteiger partial charge on any atom is -0.350 e. The zero-order valence-electron chi connectivity index (χ0n) is 12.7. The molecule has 2 rings (SSSR count). The summed E-state index contributed by atoms with van der Waals surface area (Å²) in [4.78, 5) is 12.1. The second-order valence-corrected chi connectivity index (χ2v) is 5.07. The van der Waals surface area contributed by atoms with E-state index in [0.717, 1.165) is 23.5 Å². The average molecular weight is 275 g/mol. The third-order valence-corrected chi connectivity index (χ3v) is 3.55. The first-order chi connectivity index (χ1) is 9.40. The minimum absolute atomic E-state index is 0.0905. The Morgan fingerprint density at radius 2 is 1.90 bits per heavy atom. The quantitative estimate of drug-likeness (QED) is 0.907. The fraction of sp³-hybridized carbons (Fsp3) is 0.500. The van der Waals surface area contributed by atoms with Crippen LogP contribution in [-0.2, 0) is 20.5 Å². The molecule has 6 heteroatoms. The van der Waals surface area contributed by atoms with Crippen LogP contribution in [-0.4, -0.2) is 32.0 Å². The molecule has 20 heavy (non-hydrogen) atoms. The summed E-state index contributed by atoms with van der Waals surface area (Å²) in [6, 6.07) is 1.79. The molecule has 0 unspecified atom stereocenters. The van der Waals surface area contributed by atoms with E-state index in [9.17, 15) is 4.79 Å².